The Balaban J connectivity index is 2.19. The fourth-order valence-corrected chi connectivity index (χ4v) is 2.87. The number of nitrogens with two attached hydrogens (primary N) is 1. The van der Waals surface area contributed by atoms with E-state index in [2.05, 4.69) is 0 Å². The van der Waals surface area contributed by atoms with Crippen molar-refractivity contribution in [3.05, 3.63) is 12.2 Å². The molecule has 1 aliphatic heterocycles. The van der Waals surface area contributed by atoms with Crippen LogP contribution in [0, 0.1) is 11.8 Å². The number of allylic oxidation sites excluding steroid dienone is 2. The van der Waals surface area contributed by atoms with Gasteiger partial charge in [0.2, 0.25) is 11.8 Å². The van der Waals surface area contributed by atoms with E-state index in [1.54, 1.807) is 0 Å². The van der Waals surface area contributed by atoms with Gasteiger partial charge in [-0.05, 0) is 19.3 Å². The van der Waals surface area contributed by atoms with Crippen molar-refractivity contribution in [1.29, 1.82) is 0 Å². The molecule has 0 aromatic heterocycles. The number of rotatable bonds is 4. The maximum atomic E-state index is 12.2. The molecule has 1 heterocycles. The van der Waals surface area contributed by atoms with Crippen LogP contribution in [0.4, 0.5) is 0 Å². The average molecular weight is 236 g/mol. The predicted octanol–water partition coefficient (Wildman–Crippen LogP) is 1.06. The van der Waals surface area contributed by atoms with Gasteiger partial charge in [0.05, 0.1) is 17.9 Å². The van der Waals surface area contributed by atoms with Gasteiger partial charge < -0.3 is 5.73 Å². The molecule has 1 saturated heterocycles. The van der Waals surface area contributed by atoms with Crippen molar-refractivity contribution >= 4 is 11.8 Å². The third kappa shape index (κ3) is 2.02. The number of likely N-dealkylation sites (tertiary alicyclic amines) is 1. The molecule has 0 spiro atoms. The van der Waals surface area contributed by atoms with Crippen LogP contribution < -0.4 is 5.73 Å². The highest BCUT2D eigenvalue weighted by molar-refractivity contribution is 6.05. The summed E-state index contributed by atoms with van der Waals surface area (Å²) < 4.78 is 0. The first-order valence-electron chi connectivity index (χ1n) is 6.42. The summed E-state index contributed by atoms with van der Waals surface area (Å²) in [5.74, 6) is -0.265. The van der Waals surface area contributed by atoms with Crippen LogP contribution in [0.1, 0.15) is 32.6 Å². The molecule has 0 radical (unpaired) electrons. The van der Waals surface area contributed by atoms with Gasteiger partial charge in [-0.2, -0.15) is 0 Å². The fraction of sp³-hybridized carbons (Fsp3) is 0.692. The summed E-state index contributed by atoms with van der Waals surface area (Å²) in [4.78, 5) is 25.9. The van der Waals surface area contributed by atoms with Crippen molar-refractivity contribution in [2.24, 2.45) is 17.6 Å². The minimum atomic E-state index is -0.126. The van der Waals surface area contributed by atoms with Gasteiger partial charge in [0.1, 0.15) is 0 Å². The fourth-order valence-electron chi connectivity index (χ4n) is 2.87. The van der Waals surface area contributed by atoms with Crippen LogP contribution in [0.2, 0.25) is 0 Å². The van der Waals surface area contributed by atoms with E-state index in [1.807, 2.05) is 19.1 Å². The number of nitrogens with zero attached hydrogens (tertiary/aromatic N) is 1. The molecule has 0 aromatic carbocycles. The van der Waals surface area contributed by atoms with Crippen LogP contribution in [0.15, 0.2) is 12.2 Å². The molecule has 4 heteroatoms. The van der Waals surface area contributed by atoms with Gasteiger partial charge in [-0.3, -0.25) is 14.5 Å². The Labute approximate surface area is 102 Å². The minimum Gasteiger partial charge on any atom is -0.328 e. The van der Waals surface area contributed by atoms with Gasteiger partial charge >= 0.3 is 0 Å². The number of amides is 2. The third-order valence-corrected chi connectivity index (χ3v) is 3.80. The Bertz CT molecular complexity index is 325. The Morgan fingerprint density at radius 2 is 1.82 bits per heavy atom. The van der Waals surface area contributed by atoms with Gasteiger partial charge in [0.15, 0.2) is 0 Å². The molecule has 1 fully saturated rings. The lowest BCUT2D eigenvalue weighted by atomic mass is 9.85. The monoisotopic (exact) mass is 236 g/mol. The normalized spacial score (nSPS) is 29.6. The summed E-state index contributed by atoms with van der Waals surface area (Å²) in [6, 6.07) is -0.106. The molecular formula is C13H20N2O2. The van der Waals surface area contributed by atoms with E-state index in [-0.39, 0.29) is 29.7 Å². The minimum absolute atomic E-state index is 0.00625. The van der Waals surface area contributed by atoms with E-state index in [4.69, 9.17) is 5.73 Å². The first-order chi connectivity index (χ1) is 8.20. The molecule has 17 heavy (non-hydrogen) atoms. The van der Waals surface area contributed by atoms with Crippen LogP contribution >= 0.6 is 0 Å². The maximum absolute atomic E-state index is 12.2. The number of hydrogen-bond donors (Lipinski definition) is 1. The summed E-state index contributed by atoms with van der Waals surface area (Å²) in [5, 5.41) is 0. The van der Waals surface area contributed by atoms with Crippen LogP contribution in [0.3, 0.4) is 0 Å². The Morgan fingerprint density at radius 1 is 1.29 bits per heavy atom. The molecule has 94 valence electrons. The predicted molar refractivity (Wildman–Crippen MR) is 65.0 cm³/mol. The Kier molecular flexibility index (Phi) is 3.62. The number of fused-ring (bicyclic) bond motifs is 1. The Hall–Kier alpha value is -1.16. The molecule has 2 amide bonds. The van der Waals surface area contributed by atoms with E-state index in [9.17, 15) is 9.59 Å². The van der Waals surface area contributed by atoms with Gasteiger partial charge in [0, 0.05) is 6.54 Å². The molecule has 3 unspecified atom stereocenters. The lowest BCUT2D eigenvalue weighted by Gasteiger charge is -2.25. The summed E-state index contributed by atoms with van der Waals surface area (Å²) in [5.41, 5.74) is 5.69. The van der Waals surface area contributed by atoms with E-state index >= 15 is 0 Å². The summed E-state index contributed by atoms with van der Waals surface area (Å²) in [6.45, 7) is 2.42. The number of imide groups is 1. The molecule has 2 aliphatic rings. The van der Waals surface area contributed by atoms with Crippen molar-refractivity contribution in [3.8, 4) is 0 Å². The summed E-state index contributed by atoms with van der Waals surface area (Å²) in [6.07, 6.45) is 7.16. The smallest absolute Gasteiger partial charge is 0.233 e. The maximum Gasteiger partial charge on any atom is 0.233 e. The topological polar surface area (TPSA) is 63.4 Å². The van der Waals surface area contributed by atoms with Crippen molar-refractivity contribution < 1.29 is 9.59 Å². The summed E-state index contributed by atoms with van der Waals surface area (Å²) >= 11 is 0. The van der Waals surface area contributed by atoms with Gasteiger partial charge in [0.25, 0.3) is 0 Å². The highest BCUT2D eigenvalue weighted by atomic mass is 16.2. The van der Waals surface area contributed by atoms with Crippen molar-refractivity contribution in [2.45, 2.75) is 38.6 Å². The quantitative estimate of drug-likeness (QED) is 0.586. The molecule has 4 nitrogen and oxygen atoms in total. The first kappa shape index (κ1) is 12.3. The molecule has 2 rings (SSSR count). The zero-order valence-corrected chi connectivity index (χ0v) is 10.3. The average Bonchev–Trinajstić information content (AvgIpc) is 2.61. The van der Waals surface area contributed by atoms with E-state index in [1.165, 1.54) is 4.90 Å². The SMILES string of the molecule is CCCC(CN)N1C(=O)C2CC=CCC2C1=O. The highest BCUT2D eigenvalue weighted by Crippen LogP contribution is 2.36. The summed E-state index contributed by atoms with van der Waals surface area (Å²) in [7, 11) is 0. The van der Waals surface area contributed by atoms with E-state index in [0.717, 1.165) is 12.8 Å². The van der Waals surface area contributed by atoms with Crippen LogP contribution in [-0.2, 0) is 9.59 Å². The van der Waals surface area contributed by atoms with Crippen LogP contribution in [0.5, 0.6) is 0 Å². The van der Waals surface area contributed by atoms with Crippen molar-refractivity contribution in [1.82, 2.24) is 4.90 Å². The Morgan fingerprint density at radius 3 is 2.24 bits per heavy atom. The third-order valence-electron chi connectivity index (χ3n) is 3.80. The number of carbonyl (C=O) groups excluding carboxylic acids is 2. The number of hydrogen-bond acceptors (Lipinski definition) is 3. The molecule has 1 aliphatic carbocycles. The largest absolute Gasteiger partial charge is 0.328 e. The van der Waals surface area contributed by atoms with Crippen molar-refractivity contribution in [2.75, 3.05) is 6.54 Å². The van der Waals surface area contributed by atoms with Gasteiger partial charge in [-0.25, -0.2) is 0 Å². The van der Waals surface area contributed by atoms with Crippen molar-refractivity contribution in [3.63, 3.8) is 0 Å². The second-order valence-corrected chi connectivity index (χ2v) is 4.88. The lowest BCUT2D eigenvalue weighted by molar-refractivity contribution is -0.142. The zero-order chi connectivity index (χ0) is 12.4. The van der Waals surface area contributed by atoms with Gasteiger partial charge in [-0.1, -0.05) is 25.5 Å². The molecule has 0 aromatic rings. The molecule has 0 bridgehead atoms. The van der Waals surface area contributed by atoms with Crippen LogP contribution in [-0.4, -0.2) is 29.3 Å². The molecule has 3 atom stereocenters. The van der Waals surface area contributed by atoms with Gasteiger partial charge in [-0.15, -0.1) is 0 Å². The van der Waals surface area contributed by atoms with E-state index in [0.29, 0.717) is 19.4 Å². The molecular weight excluding hydrogens is 216 g/mol. The number of carbonyl (C=O) groups is 2. The standard InChI is InChI=1S/C13H20N2O2/c1-2-5-9(8-14)15-12(16)10-6-3-4-7-11(10)13(15)17/h3-4,9-11H,2,5-8,14H2,1H3. The van der Waals surface area contributed by atoms with Crippen LogP contribution in [0.25, 0.3) is 0 Å². The first-order valence-corrected chi connectivity index (χ1v) is 6.42. The zero-order valence-electron chi connectivity index (χ0n) is 10.3. The van der Waals surface area contributed by atoms with E-state index < -0.39 is 0 Å². The lowest BCUT2D eigenvalue weighted by Crippen LogP contribution is -2.44. The molecule has 2 N–H and O–H groups in total. The molecule has 0 saturated carbocycles. The second-order valence-electron chi connectivity index (χ2n) is 4.88. The highest BCUT2D eigenvalue weighted by Gasteiger charge is 2.49. The second kappa shape index (κ2) is 5.00.